The van der Waals surface area contributed by atoms with Crippen molar-refractivity contribution in [3.63, 3.8) is 0 Å². The van der Waals surface area contributed by atoms with Gasteiger partial charge in [-0.15, -0.1) is 0 Å². The number of nitrogens with one attached hydrogen (secondary N) is 1. The summed E-state index contributed by atoms with van der Waals surface area (Å²) in [6.07, 6.45) is -7.67. The van der Waals surface area contributed by atoms with E-state index in [9.17, 15) is 35.9 Å². The second kappa shape index (κ2) is 8.88. The average Bonchev–Trinajstić information content (AvgIpc) is 2.77. The number of hydrogen-bond donors (Lipinski definition) is 1. The van der Waals surface area contributed by atoms with Crippen LogP contribution in [0.25, 0.3) is 0 Å². The van der Waals surface area contributed by atoms with Gasteiger partial charge in [-0.1, -0.05) is 6.07 Å². The molecule has 3 aromatic rings. The minimum absolute atomic E-state index is 0.0873. The molecule has 0 unspecified atom stereocenters. The number of aromatic nitrogens is 2. The van der Waals surface area contributed by atoms with Crippen LogP contribution in [0, 0.1) is 0 Å². The fourth-order valence-electron chi connectivity index (χ4n) is 2.69. The fraction of sp³-hybridized carbons (Fsp3) is 0.143. The van der Waals surface area contributed by atoms with Crippen molar-refractivity contribution in [2.45, 2.75) is 12.4 Å². The van der Waals surface area contributed by atoms with Gasteiger partial charge in [0.1, 0.15) is 11.4 Å². The molecule has 0 bridgehead atoms. The van der Waals surface area contributed by atoms with Crippen molar-refractivity contribution in [2.24, 2.45) is 0 Å². The third kappa shape index (κ3) is 5.64. The van der Waals surface area contributed by atoms with Crippen LogP contribution in [0.2, 0.25) is 0 Å². The second-order valence-corrected chi connectivity index (χ2v) is 6.73. The van der Waals surface area contributed by atoms with E-state index in [1.54, 1.807) is 0 Å². The molecule has 0 saturated heterocycles. The Hall–Kier alpha value is -3.96. The number of amides is 2. The maximum atomic E-state index is 12.6. The van der Waals surface area contributed by atoms with Crippen LogP contribution in [-0.2, 0) is 12.4 Å². The first-order valence-corrected chi connectivity index (χ1v) is 9.12. The van der Waals surface area contributed by atoms with E-state index < -0.39 is 35.6 Å². The van der Waals surface area contributed by atoms with Crippen molar-refractivity contribution in [1.29, 1.82) is 0 Å². The molecule has 0 saturated carbocycles. The summed E-state index contributed by atoms with van der Waals surface area (Å²) in [6.45, 7) is 0. The zero-order valence-electron chi connectivity index (χ0n) is 16.7. The third-order valence-electron chi connectivity index (χ3n) is 4.41. The Morgan fingerprint density at radius 2 is 1.36 bits per heavy atom. The third-order valence-corrected chi connectivity index (χ3v) is 4.41. The van der Waals surface area contributed by atoms with Crippen molar-refractivity contribution in [1.82, 2.24) is 9.97 Å². The van der Waals surface area contributed by atoms with E-state index in [0.717, 1.165) is 29.4 Å². The molecule has 1 N–H and O–H groups in total. The van der Waals surface area contributed by atoms with Crippen molar-refractivity contribution in [3.8, 4) is 0 Å². The van der Waals surface area contributed by atoms with Crippen LogP contribution in [-0.4, -0.2) is 28.8 Å². The summed E-state index contributed by atoms with van der Waals surface area (Å²) in [5.41, 5.74) is -1.96. The Bertz CT molecular complexity index is 1160. The molecule has 6 nitrogen and oxygen atoms in total. The number of carbonyl (C=O) groups excluding carboxylic acids is 2. The summed E-state index contributed by atoms with van der Waals surface area (Å²) in [5.74, 6) is -1.37. The van der Waals surface area contributed by atoms with E-state index in [1.165, 1.54) is 31.3 Å². The zero-order valence-corrected chi connectivity index (χ0v) is 16.7. The molecule has 0 atom stereocenters. The topological polar surface area (TPSA) is 75.2 Å². The van der Waals surface area contributed by atoms with Crippen LogP contribution in [0.15, 0.2) is 60.9 Å². The number of rotatable bonds is 4. The standard InChI is InChI=1S/C21H14F6N4O2/c1-31(19(33)13-6-8-17(29-11-13)21(25,26)27)15-4-2-3-14(9-15)30-18(32)12-5-7-16(28-10-12)20(22,23)24/h2-11H,1H3,(H,30,32). The summed E-state index contributed by atoms with van der Waals surface area (Å²) >= 11 is 0. The fourth-order valence-corrected chi connectivity index (χ4v) is 2.69. The van der Waals surface area contributed by atoms with Gasteiger partial charge in [-0.05, 0) is 42.5 Å². The number of halogens is 6. The molecule has 33 heavy (non-hydrogen) atoms. The Balaban J connectivity index is 1.73. The van der Waals surface area contributed by atoms with E-state index >= 15 is 0 Å². The van der Waals surface area contributed by atoms with E-state index in [2.05, 4.69) is 15.3 Å². The van der Waals surface area contributed by atoms with Gasteiger partial charge >= 0.3 is 12.4 Å². The van der Waals surface area contributed by atoms with Crippen LogP contribution in [0.4, 0.5) is 37.7 Å². The molecule has 0 spiro atoms. The maximum Gasteiger partial charge on any atom is 0.433 e. The van der Waals surface area contributed by atoms with E-state index in [0.29, 0.717) is 17.8 Å². The lowest BCUT2D eigenvalue weighted by molar-refractivity contribution is -0.142. The largest absolute Gasteiger partial charge is 0.433 e. The highest BCUT2D eigenvalue weighted by atomic mass is 19.4. The van der Waals surface area contributed by atoms with Crippen LogP contribution < -0.4 is 10.2 Å². The Morgan fingerprint density at radius 3 is 1.85 bits per heavy atom. The molecule has 0 aliphatic carbocycles. The predicted molar refractivity (Wildman–Crippen MR) is 106 cm³/mol. The summed E-state index contributed by atoms with van der Waals surface area (Å²) < 4.78 is 75.7. The van der Waals surface area contributed by atoms with E-state index in [4.69, 9.17) is 0 Å². The molecule has 2 aromatic heterocycles. The summed E-state index contributed by atoms with van der Waals surface area (Å²) in [4.78, 5) is 32.5. The molecule has 172 valence electrons. The molecule has 1 aromatic carbocycles. The highest BCUT2D eigenvalue weighted by Gasteiger charge is 2.33. The van der Waals surface area contributed by atoms with Crippen molar-refractivity contribution in [3.05, 3.63) is 83.4 Å². The number of nitrogens with zero attached hydrogens (tertiary/aromatic N) is 3. The average molecular weight is 468 g/mol. The first-order chi connectivity index (χ1) is 15.4. The first-order valence-electron chi connectivity index (χ1n) is 9.12. The highest BCUT2D eigenvalue weighted by Crippen LogP contribution is 2.28. The lowest BCUT2D eigenvalue weighted by Crippen LogP contribution is -2.26. The molecule has 0 radical (unpaired) electrons. The smallest absolute Gasteiger partial charge is 0.322 e. The van der Waals surface area contributed by atoms with Crippen molar-refractivity contribution in [2.75, 3.05) is 17.3 Å². The lowest BCUT2D eigenvalue weighted by atomic mass is 10.2. The van der Waals surface area contributed by atoms with Gasteiger partial charge in [0.25, 0.3) is 11.8 Å². The van der Waals surface area contributed by atoms with Gasteiger partial charge in [0, 0.05) is 30.8 Å². The number of carbonyl (C=O) groups is 2. The van der Waals surface area contributed by atoms with Crippen LogP contribution >= 0.6 is 0 Å². The number of alkyl halides is 6. The van der Waals surface area contributed by atoms with Gasteiger partial charge in [0.05, 0.1) is 11.1 Å². The Kier molecular flexibility index (Phi) is 6.38. The summed E-state index contributed by atoms with van der Waals surface area (Å²) in [7, 11) is 1.38. The van der Waals surface area contributed by atoms with Gasteiger partial charge in [-0.3, -0.25) is 19.6 Å². The predicted octanol–water partition coefficient (Wildman–Crippen LogP) is 5.04. The molecular weight excluding hydrogens is 454 g/mol. The maximum absolute atomic E-state index is 12.6. The van der Waals surface area contributed by atoms with Crippen molar-refractivity contribution >= 4 is 23.2 Å². The second-order valence-electron chi connectivity index (χ2n) is 6.73. The molecule has 0 aliphatic heterocycles. The molecule has 0 aliphatic rings. The number of hydrogen-bond acceptors (Lipinski definition) is 4. The molecule has 2 heterocycles. The summed E-state index contributed by atoms with van der Waals surface area (Å²) in [6, 6.07) is 9.25. The zero-order chi connectivity index (χ0) is 24.4. The number of benzene rings is 1. The minimum atomic E-state index is -4.64. The van der Waals surface area contributed by atoms with Gasteiger partial charge < -0.3 is 10.2 Å². The van der Waals surface area contributed by atoms with Gasteiger partial charge in [-0.2, -0.15) is 26.3 Å². The molecule has 0 fully saturated rings. The van der Waals surface area contributed by atoms with Gasteiger partial charge in [0.2, 0.25) is 0 Å². The molecular formula is C21H14F6N4O2. The normalized spacial score (nSPS) is 11.7. The summed E-state index contributed by atoms with van der Waals surface area (Å²) in [5, 5.41) is 2.48. The molecule has 3 rings (SSSR count). The van der Waals surface area contributed by atoms with Gasteiger partial charge in [0.15, 0.2) is 0 Å². The molecule has 2 amide bonds. The van der Waals surface area contributed by atoms with Gasteiger partial charge in [-0.25, -0.2) is 0 Å². The van der Waals surface area contributed by atoms with Crippen molar-refractivity contribution < 1.29 is 35.9 Å². The van der Waals surface area contributed by atoms with E-state index in [1.807, 2.05) is 0 Å². The minimum Gasteiger partial charge on any atom is -0.322 e. The first kappa shape index (κ1) is 23.7. The SMILES string of the molecule is CN(C(=O)c1ccc(C(F)(F)F)nc1)c1cccc(NC(=O)c2ccc(C(F)(F)F)nc2)c1. The lowest BCUT2D eigenvalue weighted by Gasteiger charge is -2.18. The number of pyridine rings is 2. The quantitative estimate of drug-likeness (QED) is 0.545. The Labute approximate surface area is 182 Å². The number of anilines is 2. The van der Waals surface area contributed by atoms with E-state index in [-0.39, 0.29) is 16.8 Å². The Morgan fingerprint density at radius 1 is 0.818 bits per heavy atom. The van der Waals surface area contributed by atoms with Crippen LogP contribution in [0.1, 0.15) is 32.1 Å². The monoisotopic (exact) mass is 468 g/mol. The van der Waals surface area contributed by atoms with Crippen LogP contribution in [0.5, 0.6) is 0 Å². The molecule has 12 heteroatoms. The van der Waals surface area contributed by atoms with Crippen LogP contribution in [0.3, 0.4) is 0 Å². The highest BCUT2D eigenvalue weighted by molar-refractivity contribution is 6.07.